The Morgan fingerprint density at radius 3 is 1.38 bits per heavy atom. The van der Waals surface area contributed by atoms with E-state index in [1.54, 1.807) is 0 Å². The van der Waals surface area contributed by atoms with E-state index in [4.69, 9.17) is 14.9 Å². The van der Waals surface area contributed by atoms with E-state index in [0.29, 0.717) is 31.9 Å². The maximum Gasteiger partial charge on any atom is 0.203 e. The zero-order valence-corrected chi connectivity index (χ0v) is 17.7. The largest absolute Gasteiger partial charge is 0.492 e. The van der Waals surface area contributed by atoms with Crippen LogP contribution in [-0.4, -0.2) is 22.3 Å². The van der Waals surface area contributed by atoms with E-state index in [1.807, 2.05) is 94.1 Å². The molecule has 0 saturated heterocycles. The summed E-state index contributed by atoms with van der Waals surface area (Å²) < 4.78 is 15.6. The van der Waals surface area contributed by atoms with Gasteiger partial charge in [0.15, 0.2) is 0 Å². The van der Waals surface area contributed by atoms with Crippen molar-refractivity contribution in [2.45, 2.75) is 13.1 Å². The zero-order valence-electron chi connectivity index (χ0n) is 16.0. The number of ether oxygens (including phenoxy) is 2. The van der Waals surface area contributed by atoms with Crippen LogP contribution < -0.4 is 15.1 Å². The Hall–Kier alpha value is -2.99. The molecule has 0 amide bonds. The van der Waals surface area contributed by atoms with Crippen molar-refractivity contribution >= 4 is 28.0 Å². The quantitative estimate of drug-likeness (QED) is 0.421. The average molecular weight is 454 g/mol. The minimum absolute atomic E-state index is 0. The molecule has 4 rings (SSSR count). The van der Waals surface area contributed by atoms with Crippen LogP contribution in [-0.2, 0) is 13.1 Å². The standard InChI is InChI=1S/C23H23N3O2.BrH/c24-23-25(15-17-27-19-9-3-1-4-10-19)21-13-7-8-14-22(21)26(23)16-18-28-20-11-5-2-6-12-20;/h1-14,24H,15-18H2;1H. The molecule has 5 nitrogen and oxygen atoms in total. The van der Waals surface area contributed by atoms with Gasteiger partial charge in [-0.3, -0.25) is 5.41 Å². The summed E-state index contributed by atoms with van der Waals surface area (Å²) in [5.41, 5.74) is 2.52. The number of fused-ring (bicyclic) bond motifs is 1. The van der Waals surface area contributed by atoms with Crippen molar-refractivity contribution in [2.24, 2.45) is 0 Å². The fraction of sp³-hybridized carbons (Fsp3) is 0.174. The number of rotatable bonds is 8. The number of nitrogens with zero attached hydrogens (tertiary/aromatic N) is 2. The van der Waals surface area contributed by atoms with Crippen LogP contribution in [0, 0.1) is 5.41 Å². The molecule has 0 fully saturated rings. The molecule has 6 heteroatoms. The number of hydrogen-bond donors (Lipinski definition) is 1. The monoisotopic (exact) mass is 453 g/mol. The lowest BCUT2D eigenvalue weighted by Crippen LogP contribution is -2.28. The molecule has 0 spiro atoms. The summed E-state index contributed by atoms with van der Waals surface area (Å²) in [4.78, 5) is 0. The molecule has 1 heterocycles. The second-order valence-corrected chi connectivity index (χ2v) is 6.44. The highest BCUT2D eigenvalue weighted by molar-refractivity contribution is 8.93. The van der Waals surface area contributed by atoms with Crippen molar-refractivity contribution in [3.63, 3.8) is 0 Å². The maximum atomic E-state index is 8.66. The van der Waals surface area contributed by atoms with Crippen LogP contribution in [0.2, 0.25) is 0 Å². The molecule has 0 radical (unpaired) electrons. The molecular weight excluding hydrogens is 430 g/mol. The van der Waals surface area contributed by atoms with Crippen LogP contribution in [0.5, 0.6) is 11.5 Å². The maximum absolute atomic E-state index is 8.66. The number of hydrogen-bond acceptors (Lipinski definition) is 3. The highest BCUT2D eigenvalue weighted by Crippen LogP contribution is 2.14. The van der Waals surface area contributed by atoms with Crippen molar-refractivity contribution in [3.05, 3.63) is 90.5 Å². The van der Waals surface area contributed by atoms with Gasteiger partial charge in [0.25, 0.3) is 0 Å². The molecule has 0 unspecified atom stereocenters. The van der Waals surface area contributed by atoms with E-state index in [2.05, 4.69) is 0 Å². The summed E-state index contributed by atoms with van der Waals surface area (Å²) >= 11 is 0. The number of halogens is 1. The predicted molar refractivity (Wildman–Crippen MR) is 120 cm³/mol. The first kappa shape index (κ1) is 20.7. The van der Waals surface area contributed by atoms with Gasteiger partial charge in [-0.1, -0.05) is 48.5 Å². The predicted octanol–water partition coefficient (Wildman–Crippen LogP) is 4.66. The summed E-state index contributed by atoms with van der Waals surface area (Å²) in [6.45, 7) is 2.24. The minimum Gasteiger partial charge on any atom is -0.492 e. The Bertz CT molecular complexity index is 1010. The minimum atomic E-state index is 0. The van der Waals surface area contributed by atoms with Gasteiger partial charge in [-0.05, 0) is 36.4 Å². The SMILES string of the molecule is Br.N=c1n(CCOc2ccccc2)c2ccccc2n1CCOc1ccccc1. The van der Waals surface area contributed by atoms with E-state index in [1.165, 1.54) is 0 Å². The van der Waals surface area contributed by atoms with Gasteiger partial charge in [0, 0.05) is 0 Å². The van der Waals surface area contributed by atoms with Gasteiger partial charge < -0.3 is 18.6 Å². The highest BCUT2D eigenvalue weighted by atomic mass is 79.9. The normalized spacial score (nSPS) is 10.5. The third-order valence-corrected chi connectivity index (χ3v) is 4.63. The fourth-order valence-corrected chi connectivity index (χ4v) is 3.29. The van der Waals surface area contributed by atoms with Gasteiger partial charge in [0.1, 0.15) is 24.7 Å². The Labute approximate surface area is 180 Å². The summed E-state index contributed by atoms with van der Waals surface area (Å²) in [7, 11) is 0. The first-order valence-corrected chi connectivity index (χ1v) is 9.41. The van der Waals surface area contributed by atoms with Crippen molar-refractivity contribution < 1.29 is 9.47 Å². The van der Waals surface area contributed by atoms with Gasteiger partial charge in [-0.2, -0.15) is 0 Å². The molecule has 0 aliphatic carbocycles. The molecule has 150 valence electrons. The van der Waals surface area contributed by atoms with E-state index in [9.17, 15) is 0 Å². The summed E-state index contributed by atoms with van der Waals surface area (Å²) in [6.07, 6.45) is 0. The van der Waals surface area contributed by atoms with Crippen molar-refractivity contribution in [1.82, 2.24) is 9.13 Å². The van der Waals surface area contributed by atoms with E-state index < -0.39 is 0 Å². The topological polar surface area (TPSA) is 52.2 Å². The fourth-order valence-electron chi connectivity index (χ4n) is 3.29. The van der Waals surface area contributed by atoms with Gasteiger partial charge in [-0.15, -0.1) is 17.0 Å². The van der Waals surface area contributed by atoms with Gasteiger partial charge >= 0.3 is 0 Å². The van der Waals surface area contributed by atoms with Crippen molar-refractivity contribution in [2.75, 3.05) is 13.2 Å². The van der Waals surface area contributed by atoms with Gasteiger partial charge in [0.2, 0.25) is 5.62 Å². The van der Waals surface area contributed by atoms with Crippen molar-refractivity contribution in [1.29, 1.82) is 5.41 Å². The molecular formula is C23H24BrN3O2. The molecule has 0 atom stereocenters. The van der Waals surface area contributed by atoms with E-state index in [0.717, 1.165) is 22.5 Å². The van der Waals surface area contributed by atoms with Crippen LogP contribution in [0.3, 0.4) is 0 Å². The molecule has 4 aromatic rings. The number of nitrogens with one attached hydrogen (secondary N) is 1. The number of para-hydroxylation sites is 4. The Balaban J connectivity index is 0.00000240. The van der Waals surface area contributed by atoms with Crippen molar-refractivity contribution in [3.8, 4) is 11.5 Å². The second kappa shape index (κ2) is 9.98. The highest BCUT2D eigenvalue weighted by Gasteiger charge is 2.10. The Morgan fingerprint density at radius 2 is 0.966 bits per heavy atom. The zero-order chi connectivity index (χ0) is 19.2. The van der Waals surface area contributed by atoms with E-state index in [-0.39, 0.29) is 17.0 Å². The molecule has 0 saturated carbocycles. The number of imidazole rings is 1. The molecule has 0 aliphatic rings. The smallest absolute Gasteiger partial charge is 0.203 e. The number of benzene rings is 3. The molecule has 0 bridgehead atoms. The Kier molecular flexibility index (Phi) is 7.14. The van der Waals surface area contributed by atoms with Crippen LogP contribution in [0.4, 0.5) is 0 Å². The van der Waals surface area contributed by atoms with Gasteiger partial charge in [-0.25, -0.2) is 0 Å². The Morgan fingerprint density at radius 1 is 0.586 bits per heavy atom. The first-order valence-electron chi connectivity index (χ1n) is 9.41. The lowest BCUT2D eigenvalue weighted by atomic mass is 10.3. The third kappa shape index (κ3) is 4.90. The van der Waals surface area contributed by atoms with Crippen LogP contribution in [0.25, 0.3) is 11.0 Å². The molecule has 3 aromatic carbocycles. The van der Waals surface area contributed by atoms with Gasteiger partial charge in [0.05, 0.1) is 24.1 Å². The summed E-state index contributed by atoms with van der Waals surface area (Å²) in [5, 5.41) is 8.66. The lowest BCUT2D eigenvalue weighted by Gasteiger charge is -2.08. The molecule has 1 N–H and O–H groups in total. The summed E-state index contributed by atoms with van der Waals surface area (Å²) in [6, 6.07) is 27.6. The van der Waals surface area contributed by atoms with Crippen LogP contribution in [0.1, 0.15) is 0 Å². The van der Waals surface area contributed by atoms with Crippen LogP contribution >= 0.6 is 17.0 Å². The molecule has 0 aliphatic heterocycles. The lowest BCUT2D eigenvalue weighted by molar-refractivity contribution is 0.288. The number of aromatic nitrogens is 2. The summed E-state index contributed by atoms with van der Waals surface area (Å²) in [5.74, 6) is 1.68. The first-order chi connectivity index (χ1) is 13.8. The molecule has 1 aromatic heterocycles. The molecule has 29 heavy (non-hydrogen) atoms. The average Bonchev–Trinajstić information content (AvgIpc) is 3.01. The van der Waals surface area contributed by atoms with E-state index >= 15 is 0 Å². The van der Waals surface area contributed by atoms with Crippen LogP contribution in [0.15, 0.2) is 84.9 Å². The third-order valence-electron chi connectivity index (χ3n) is 4.63. The second-order valence-electron chi connectivity index (χ2n) is 6.44.